The van der Waals surface area contributed by atoms with Crippen molar-refractivity contribution in [2.45, 2.75) is 57.8 Å². The quantitative estimate of drug-likeness (QED) is 0.725. The molecule has 1 aromatic carbocycles. The molecule has 0 aromatic heterocycles. The van der Waals surface area contributed by atoms with Gasteiger partial charge < -0.3 is 0 Å². The molecule has 1 nitrogen and oxygen atoms in total. The third-order valence-corrected chi connectivity index (χ3v) is 4.41. The largest absolute Gasteiger partial charge is 0.298 e. The first-order valence-electron chi connectivity index (χ1n) is 7.32. The van der Waals surface area contributed by atoms with E-state index in [4.69, 9.17) is 0 Å². The highest BCUT2D eigenvalue weighted by Gasteiger charge is 2.35. The minimum absolute atomic E-state index is 0.183. The molecule has 1 saturated carbocycles. The van der Waals surface area contributed by atoms with Crippen LogP contribution >= 0.6 is 0 Å². The van der Waals surface area contributed by atoms with Crippen molar-refractivity contribution >= 4 is 5.78 Å². The summed E-state index contributed by atoms with van der Waals surface area (Å²) in [5.41, 5.74) is 0.408. The molecule has 0 radical (unpaired) electrons. The maximum atomic E-state index is 13.0. The highest BCUT2D eigenvalue weighted by molar-refractivity contribution is 5.91. The van der Waals surface area contributed by atoms with Crippen molar-refractivity contribution < 1.29 is 9.18 Å². The monoisotopic (exact) mass is 262 g/mol. The highest BCUT2D eigenvalue weighted by Crippen LogP contribution is 2.33. The average molecular weight is 262 g/mol. The first-order chi connectivity index (χ1) is 9.01. The number of Topliss-reactive ketones (excluding diaryl/α,β-unsaturated/α-hetero) is 1. The number of benzene rings is 1. The zero-order valence-electron chi connectivity index (χ0n) is 11.9. The van der Waals surface area contributed by atoms with Crippen molar-refractivity contribution in [3.63, 3.8) is 0 Å². The maximum absolute atomic E-state index is 13.0. The summed E-state index contributed by atoms with van der Waals surface area (Å²) in [5.74, 6) is 0.255. The lowest BCUT2D eigenvalue weighted by molar-refractivity contribution is -0.127. The first-order valence-corrected chi connectivity index (χ1v) is 7.32. The molecule has 1 fully saturated rings. The van der Waals surface area contributed by atoms with Gasteiger partial charge >= 0.3 is 0 Å². The van der Waals surface area contributed by atoms with Crippen LogP contribution in [0.1, 0.15) is 57.9 Å². The molecule has 0 atom stereocenters. The Morgan fingerprint density at radius 3 is 2.11 bits per heavy atom. The van der Waals surface area contributed by atoms with E-state index in [0.717, 1.165) is 31.2 Å². The van der Waals surface area contributed by atoms with Gasteiger partial charge in [-0.1, -0.05) is 37.8 Å². The lowest BCUT2D eigenvalue weighted by Crippen LogP contribution is -2.34. The van der Waals surface area contributed by atoms with E-state index in [2.05, 4.69) is 0 Å². The van der Waals surface area contributed by atoms with Crippen molar-refractivity contribution in [1.29, 1.82) is 0 Å². The van der Waals surface area contributed by atoms with Crippen molar-refractivity contribution in [2.24, 2.45) is 5.92 Å². The molecule has 0 amide bonds. The highest BCUT2D eigenvalue weighted by atomic mass is 19.1. The molecule has 0 N–H and O–H groups in total. The molecule has 1 aliphatic carbocycles. The standard InChI is InChI=1S/C17H23FO/c1-17(2,14-9-11-15(18)12-10-14)16(19)13-7-5-3-4-6-8-13/h9-13H,3-8H2,1-2H3. The molecule has 19 heavy (non-hydrogen) atoms. The molecular weight excluding hydrogens is 239 g/mol. The fraction of sp³-hybridized carbons (Fsp3) is 0.588. The third-order valence-electron chi connectivity index (χ3n) is 4.41. The van der Waals surface area contributed by atoms with Crippen molar-refractivity contribution in [2.75, 3.05) is 0 Å². The van der Waals surface area contributed by atoms with Gasteiger partial charge in [-0.05, 0) is 44.4 Å². The second-order valence-corrected chi connectivity index (χ2v) is 6.18. The van der Waals surface area contributed by atoms with Crippen molar-refractivity contribution in [3.8, 4) is 0 Å². The van der Waals surface area contributed by atoms with Crippen LogP contribution in [0.3, 0.4) is 0 Å². The number of ketones is 1. The number of hydrogen-bond acceptors (Lipinski definition) is 1. The molecule has 104 valence electrons. The van der Waals surface area contributed by atoms with Crippen LogP contribution in [0.15, 0.2) is 24.3 Å². The van der Waals surface area contributed by atoms with Crippen molar-refractivity contribution in [1.82, 2.24) is 0 Å². The predicted molar refractivity (Wildman–Crippen MR) is 75.6 cm³/mol. The zero-order chi connectivity index (χ0) is 13.9. The Morgan fingerprint density at radius 2 is 1.58 bits per heavy atom. The van der Waals surface area contributed by atoms with Crippen LogP contribution in [0.25, 0.3) is 0 Å². The summed E-state index contributed by atoms with van der Waals surface area (Å²) in [7, 11) is 0. The van der Waals surface area contributed by atoms with Gasteiger partial charge in [0.1, 0.15) is 11.6 Å². The smallest absolute Gasteiger partial charge is 0.145 e. The summed E-state index contributed by atoms with van der Waals surface area (Å²) < 4.78 is 13.0. The van der Waals surface area contributed by atoms with Gasteiger partial charge in [-0.25, -0.2) is 4.39 Å². The Balaban J connectivity index is 2.17. The molecule has 0 aliphatic heterocycles. The SMILES string of the molecule is CC(C)(C(=O)C1CCCCCC1)c1ccc(F)cc1. The minimum Gasteiger partial charge on any atom is -0.298 e. The number of hydrogen-bond donors (Lipinski definition) is 0. The molecule has 2 rings (SSSR count). The summed E-state index contributed by atoms with van der Waals surface area (Å²) >= 11 is 0. The fourth-order valence-electron chi connectivity index (χ4n) is 3.06. The Morgan fingerprint density at radius 1 is 1.05 bits per heavy atom. The molecule has 0 saturated heterocycles. The summed E-state index contributed by atoms with van der Waals surface area (Å²) in [5, 5.41) is 0. The molecule has 0 unspecified atom stereocenters. The van der Waals surface area contributed by atoms with E-state index in [1.165, 1.54) is 25.0 Å². The lowest BCUT2D eigenvalue weighted by Gasteiger charge is -2.28. The number of rotatable bonds is 3. The van der Waals surface area contributed by atoms with Crippen LogP contribution < -0.4 is 0 Å². The summed E-state index contributed by atoms with van der Waals surface area (Å²) in [4.78, 5) is 12.8. The molecule has 0 heterocycles. The molecule has 1 aromatic rings. The van der Waals surface area contributed by atoms with Gasteiger partial charge in [0, 0.05) is 11.3 Å². The van der Waals surface area contributed by atoms with E-state index in [9.17, 15) is 9.18 Å². The number of halogens is 1. The number of carbonyl (C=O) groups excluding carboxylic acids is 1. The fourth-order valence-corrected chi connectivity index (χ4v) is 3.06. The third kappa shape index (κ3) is 3.23. The van der Waals surface area contributed by atoms with Gasteiger partial charge in [-0.15, -0.1) is 0 Å². The molecular formula is C17H23FO. The summed E-state index contributed by atoms with van der Waals surface area (Å²) in [6, 6.07) is 6.36. The van der Waals surface area contributed by atoms with E-state index in [-0.39, 0.29) is 11.7 Å². The summed E-state index contributed by atoms with van der Waals surface area (Å²) in [6.45, 7) is 3.93. The Hall–Kier alpha value is -1.18. The average Bonchev–Trinajstić information content (AvgIpc) is 2.67. The van der Waals surface area contributed by atoms with E-state index >= 15 is 0 Å². The Bertz CT molecular complexity index is 425. The van der Waals surface area contributed by atoms with Gasteiger partial charge in [-0.2, -0.15) is 0 Å². The van der Waals surface area contributed by atoms with Crippen LogP contribution in [0, 0.1) is 11.7 Å². The minimum atomic E-state index is -0.511. The topological polar surface area (TPSA) is 17.1 Å². The first kappa shape index (κ1) is 14.2. The van der Waals surface area contributed by atoms with Crippen LogP contribution in [0.2, 0.25) is 0 Å². The second kappa shape index (κ2) is 5.85. The van der Waals surface area contributed by atoms with Crippen LogP contribution in [0.4, 0.5) is 4.39 Å². The predicted octanol–water partition coefficient (Wildman–Crippen LogP) is 4.64. The summed E-state index contributed by atoms with van der Waals surface area (Å²) in [6.07, 6.45) is 6.86. The zero-order valence-corrected chi connectivity index (χ0v) is 11.9. The molecule has 0 spiro atoms. The van der Waals surface area contributed by atoms with Crippen LogP contribution in [-0.2, 0) is 10.2 Å². The molecule has 2 heteroatoms. The van der Waals surface area contributed by atoms with Gasteiger partial charge in [0.25, 0.3) is 0 Å². The van der Waals surface area contributed by atoms with Gasteiger partial charge in [0.05, 0.1) is 0 Å². The normalized spacial score (nSPS) is 18.1. The second-order valence-electron chi connectivity index (χ2n) is 6.18. The maximum Gasteiger partial charge on any atom is 0.145 e. The van der Waals surface area contributed by atoms with E-state index in [1.807, 2.05) is 13.8 Å². The van der Waals surface area contributed by atoms with Crippen molar-refractivity contribution in [3.05, 3.63) is 35.6 Å². The molecule has 1 aliphatic rings. The van der Waals surface area contributed by atoms with Crippen LogP contribution in [-0.4, -0.2) is 5.78 Å². The van der Waals surface area contributed by atoms with Gasteiger partial charge in [-0.3, -0.25) is 4.79 Å². The van der Waals surface area contributed by atoms with E-state index in [0.29, 0.717) is 5.78 Å². The van der Waals surface area contributed by atoms with E-state index < -0.39 is 5.41 Å². The molecule has 0 bridgehead atoms. The van der Waals surface area contributed by atoms with Gasteiger partial charge in [0.2, 0.25) is 0 Å². The van der Waals surface area contributed by atoms with Gasteiger partial charge in [0.15, 0.2) is 0 Å². The Kier molecular flexibility index (Phi) is 4.38. The number of carbonyl (C=O) groups is 1. The van der Waals surface area contributed by atoms with E-state index in [1.54, 1.807) is 12.1 Å². The Labute approximate surface area is 115 Å². The lowest BCUT2D eigenvalue weighted by atomic mass is 9.74. The van der Waals surface area contributed by atoms with Crippen LogP contribution in [0.5, 0.6) is 0 Å².